The molecule has 0 saturated carbocycles. The number of aromatic nitrogens is 3. The Morgan fingerprint density at radius 3 is 3.00 bits per heavy atom. The van der Waals surface area contributed by atoms with Crippen LogP contribution in [0.15, 0.2) is 24.5 Å². The van der Waals surface area contributed by atoms with Crippen LogP contribution in [0.4, 0.5) is 8.78 Å². The predicted octanol–water partition coefficient (Wildman–Crippen LogP) is 1.20. The van der Waals surface area contributed by atoms with Crippen LogP contribution in [0.2, 0.25) is 0 Å². The second-order valence-corrected chi connectivity index (χ2v) is 5.60. The number of hydrogen-bond acceptors (Lipinski definition) is 5. The summed E-state index contributed by atoms with van der Waals surface area (Å²) >= 11 is 0. The maximum atomic E-state index is 13.7. The summed E-state index contributed by atoms with van der Waals surface area (Å²) in [5.41, 5.74) is -0.0355. The molecule has 6 nitrogen and oxygen atoms in total. The van der Waals surface area contributed by atoms with Gasteiger partial charge in [-0.15, -0.1) is 10.2 Å². The van der Waals surface area contributed by atoms with Crippen LogP contribution in [0.5, 0.6) is 0 Å². The molecule has 2 atom stereocenters. The van der Waals surface area contributed by atoms with Gasteiger partial charge in [0.05, 0.1) is 12.7 Å². The lowest BCUT2D eigenvalue weighted by atomic mass is 10.1. The van der Waals surface area contributed by atoms with E-state index in [1.165, 1.54) is 0 Å². The number of β-amino-alcohol motifs (C(OH)–C–C–N with tert-alkyl or cyclic N) is 1. The van der Waals surface area contributed by atoms with Gasteiger partial charge < -0.3 is 14.4 Å². The fourth-order valence-electron chi connectivity index (χ4n) is 2.72. The molecule has 1 aromatic heterocycles. The van der Waals surface area contributed by atoms with Gasteiger partial charge in [-0.2, -0.15) is 0 Å². The fraction of sp³-hybridized carbons (Fsp3) is 0.467. The fourth-order valence-corrected chi connectivity index (χ4v) is 2.72. The molecule has 8 heteroatoms. The molecule has 0 radical (unpaired) electrons. The molecule has 23 heavy (non-hydrogen) atoms. The molecule has 1 fully saturated rings. The average Bonchev–Trinajstić information content (AvgIpc) is 2.96. The summed E-state index contributed by atoms with van der Waals surface area (Å²) in [6, 6.07) is 3.08. The summed E-state index contributed by atoms with van der Waals surface area (Å²) in [5.74, 6) is -0.488. The summed E-state index contributed by atoms with van der Waals surface area (Å²) in [7, 11) is 1.83. The first-order chi connectivity index (χ1) is 11.0. The number of ether oxygens (including phenoxy) is 1. The third kappa shape index (κ3) is 3.54. The molecule has 1 aliphatic rings. The van der Waals surface area contributed by atoms with E-state index in [4.69, 9.17) is 4.74 Å². The molecule has 3 rings (SSSR count). The van der Waals surface area contributed by atoms with Crippen LogP contribution < -0.4 is 0 Å². The monoisotopic (exact) mass is 324 g/mol. The first-order valence-electron chi connectivity index (χ1n) is 7.35. The number of benzene rings is 1. The van der Waals surface area contributed by atoms with Crippen molar-refractivity contribution in [3.63, 3.8) is 0 Å². The number of aliphatic hydroxyl groups is 1. The average molecular weight is 324 g/mol. The molecular formula is C15H18F2N4O2. The molecule has 2 heterocycles. The van der Waals surface area contributed by atoms with Crippen LogP contribution in [0.25, 0.3) is 0 Å². The van der Waals surface area contributed by atoms with Crippen molar-refractivity contribution >= 4 is 0 Å². The highest BCUT2D eigenvalue weighted by molar-refractivity contribution is 5.21. The quantitative estimate of drug-likeness (QED) is 0.916. The molecule has 1 N–H and O–H groups in total. The molecule has 0 unspecified atom stereocenters. The van der Waals surface area contributed by atoms with Crippen LogP contribution in [0, 0.1) is 11.6 Å². The third-order valence-corrected chi connectivity index (χ3v) is 3.93. The number of halogens is 2. The zero-order valence-electron chi connectivity index (χ0n) is 12.7. The Balaban J connectivity index is 1.68. The van der Waals surface area contributed by atoms with Gasteiger partial charge in [0.25, 0.3) is 0 Å². The van der Waals surface area contributed by atoms with E-state index in [2.05, 4.69) is 10.2 Å². The highest BCUT2D eigenvalue weighted by Gasteiger charge is 2.27. The SMILES string of the molecule is Cn1cnnc1[C@H]1CN(C[C@H](O)c2cc(F)ccc2F)CCO1. The third-order valence-electron chi connectivity index (χ3n) is 3.93. The van der Waals surface area contributed by atoms with Crippen molar-refractivity contribution in [3.05, 3.63) is 47.5 Å². The minimum Gasteiger partial charge on any atom is -0.387 e. The van der Waals surface area contributed by atoms with Gasteiger partial charge in [0, 0.05) is 32.2 Å². The van der Waals surface area contributed by atoms with Gasteiger partial charge in [-0.25, -0.2) is 8.78 Å². The molecule has 0 spiro atoms. The van der Waals surface area contributed by atoms with Gasteiger partial charge in [0.15, 0.2) is 5.82 Å². The molecule has 0 aliphatic carbocycles. The van der Waals surface area contributed by atoms with E-state index in [1.807, 2.05) is 11.9 Å². The summed E-state index contributed by atoms with van der Waals surface area (Å²) in [4.78, 5) is 1.94. The van der Waals surface area contributed by atoms with E-state index in [9.17, 15) is 13.9 Å². The Morgan fingerprint density at radius 1 is 1.43 bits per heavy atom. The Bertz CT molecular complexity index is 679. The van der Waals surface area contributed by atoms with Gasteiger partial charge >= 0.3 is 0 Å². The maximum Gasteiger partial charge on any atom is 0.163 e. The van der Waals surface area contributed by atoms with Crippen molar-refractivity contribution in [2.75, 3.05) is 26.2 Å². The molecule has 1 saturated heterocycles. The zero-order chi connectivity index (χ0) is 16.4. The van der Waals surface area contributed by atoms with Crippen molar-refractivity contribution in [2.45, 2.75) is 12.2 Å². The Labute approximate surface area is 132 Å². The molecule has 124 valence electrons. The summed E-state index contributed by atoms with van der Waals surface area (Å²) in [6.45, 7) is 1.76. The van der Waals surface area contributed by atoms with Gasteiger partial charge in [0.1, 0.15) is 24.1 Å². The molecule has 0 bridgehead atoms. The molecule has 0 amide bonds. The van der Waals surface area contributed by atoms with Crippen LogP contribution in [0.3, 0.4) is 0 Å². The van der Waals surface area contributed by atoms with Gasteiger partial charge in [-0.05, 0) is 18.2 Å². The predicted molar refractivity (Wildman–Crippen MR) is 77.5 cm³/mol. The first-order valence-corrected chi connectivity index (χ1v) is 7.35. The lowest BCUT2D eigenvalue weighted by molar-refractivity contribution is -0.0476. The Kier molecular flexibility index (Phi) is 4.65. The smallest absolute Gasteiger partial charge is 0.163 e. The van der Waals surface area contributed by atoms with E-state index in [0.29, 0.717) is 25.5 Å². The minimum atomic E-state index is -1.11. The van der Waals surface area contributed by atoms with E-state index in [1.54, 1.807) is 10.9 Å². The van der Waals surface area contributed by atoms with Gasteiger partial charge in [0.2, 0.25) is 0 Å². The van der Waals surface area contributed by atoms with Crippen molar-refractivity contribution in [2.24, 2.45) is 7.05 Å². The first kappa shape index (κ1) is 16.0. The Morgan fingerprint density at radius 2 is 2.26 bits per heavy atom. The van der Waals surface area contributed by atoms with Crippen LogP contribution in [-0.4, -0.2) is 51.0 Å². The number of aliphatic hydroxyl groups excluding tert-OH is 1. The Hall–Kier alpha value is -1.90. The number of aryl methyl sites for hydroxylation is 1. The van der Waals surface area contributed by atoms with E-state index < -0.39 is 17.7 Å². The molecule has 1 aliphatic heterocycles. The molecule has 2 aromatic rings. The van der Waals surface area contributed by atoms with E-state index in [0.717, 1.165) is 18.2 Å². The van der Waals surface area contributed by atoms with Crippen molar-refractivity contribution in [1.29, 1.82) is 0 Å². The second-order valence-electron chi connectivity index (χ2n) is 5.60. The standard InChI is InChI=1S/C15H18F2N4O2/c1-20-9-18-19-15(20)14-8-21(4-5-23-14)7-13(22)11-6-10(16)2-3-12(11)17/h2-3,6,9,13-14,22H,4-5,7-8H2,1H3/t13-,14+/m0/s1. The van der Waals surface area contributed by atoms with Crippen molar-refractivity contribution in [1.82, 2.24) is 19.7 Å². The lowest BCUT2D eigenvalue weighted by Gasteiger charge is -2.33. The largest absolute Gasteiger partial charge is 0.387 e. The van der Waals surface area contributed by atoms with Crippen LogP contribution in [0.1, 0.15) is 23.6 Å². The summed E-state index contributed by atoms with van der Waals surface area (Å²) in [5, 5.41) is 18.1. The second kappa shape index (κ2) is 6.69. The number of hydrogen-bond donors (Lipinski definition) is 1. The van der Waals surface area contributed by atoms with Crippen LogP contribution in [-0.2, 0) is 11.8 Å². The van der Waals surface area contributed by atoms with Gasteiger partial charge in [-0.1, -0.05) is 0 Å². The van der Waals surface area contributed by atoms with E-state index >= 15 is 0 Å². The topological polar surface area (TPSA) is 63.4 Å². The summed E-state index contributed by atoms with van der Waals surface area (Å²) in [6.07, 6.45) is 0.221. The van der Waals surface area contributed by atoms with E-state index in [-0.39, 0.29) is 18.2 Å². The number of morpholine rings is 1. The zero-order valence-corrected chi connectivity index (χ0v) is 12.7. The maximum absolute atomic E-state index is 13.7. The molecule has 1 aromatic carbocycles. The number of rotatable bonds is 4. The highest BCUT2D eigenvalue weighted by atomic mass is 19.1. The molecular weight excluding hydrogens is 306 g/mol. The lowest BCUT2D eigenvalue weighted by Crippen LogP contribution is -2.41. The van der Waals surface area contributed by atoms with Crippen LogP contribution >= 0.6 is 0 Å². The van der Waals surface area contributed by atoms with Crippen molar-refractivity contribution < 1.29 is 18.6 Å². The minimum absolute atomic E-state index is 0.0355. The van der Waals surface area contributed by atoms with Crippen molar-refractivity contribution in [3.8, 4) is 0 Å². The normalized spacial score (nSPS) is 20.6. The number of nitrogens with zero attached hydrogens (tertiary/aromatic N) is 4. The summed E-state index contributed by atoms with van der Waals surface area (Å²) < 4.78 is 34.4. The highest BCUT2D eigenvalue weighted by Crippen LogP contribution is 2.24. The van der Waals surface area contributed by atoms with Gasteiger partial charge in [-0.3, -0.25) is 4.90 Å².